The second-order valence-corrected chi connectivity index (χ2v) is 7.73. The van der Waals surface area contributed by atoms with Crippen molar-refractivity contribution in [2.45, 2.75) is 56.4 Å². The highest BCUT2D eigenvalue weighted by Crippen LogP contribution is 2.42. The lowest BCUT2D eigenvalue weighted by Crippen LogP contribution is -2.48. The minimum atomic E-state index is -0.832. The van der Waals surface area contributed by atoms with Crippen molar-refractivity contribution >= 4 is 6.03 Å². The van der Waals surface area contributed by atoms with Gasteiger partial charge >= 0.3 is 6.03 Å². The molecule has 1 aromatic heterocycles. The van der Waals surface area contributed by atoms with Crippen LogP contribution in [-0.2, 0) is 18.3 Å². The van der Waals surface area contributed by atoms with Crippen molar-refractivity contribution < 1.29 is 13.6 Å². The average Bonchev–Trinajstić information content (AvgIpc) is 3.32. The van der Waals surface area contributed by atoms with Gasteiger partial charge in [-0.15, -0.1) is 0 Å². The molecule has 1 unspecified atom stereocenters. The standard InChI is InChI=1S/C20H24F2N4O/c21-16-5-3-4-15(18(16)22)20(8-1-2-9-20)12-23-19(27)25-14-6-7-17-13(10-14)11-24-26-17/h3-5,11,14H,1-2,6-10,12H2,(H,24,26)(H2,23,25,27). The Bertz CT molecular complexity index is 829. The maximum absolute atomic E-state index is 14.4. The number of aryl methyl sites for hydroxylation is 1. The summed E-state index contributed by atoms with van der Waals surface area (Å²) in [6.45, 7) is 0.308. The van der Waals surface area contributed by atoms with E-state index in [0.29, 0.717) is 12.1 Å². The number of aromatic amines is 1. The molecule has 3 N–H and O–H groups in total. The number of amides is 2. The molecule has 1 saturated carbocycles. The van der Waals surface area contributed by atoms with Crippen molar-refractivity contribution in [2.75, 3.05) is 6.54 Å². The number of rotatable bonds is 4. The van der Waals surface area contributed by atoms with Crippen LogP contribution in [0.15, 0.2) is 24.4 Å². The van der Waals surface area contributed by atoms with Gasteiger partial charge < -0.3 is 10.6 Å². The van der Waals surface area contributed by atoms with Crippen LogP contribution >= 0.6 is 0 Å². The van der Waals surface area contributed by atoms with Crippen molar-refractivity contribution in [1.82, 2.24) is 20.8 Å². The highest BCUT2D eigenvalue weighted by Gasteiger charge is 2.38. The first-order valence-electron chi connectivity index (χ1n) is 9.57. The van der Waals surface area contributed by atoms with Crippen LogP contribution < -0.4 is 10.6 Å². The van der Waals surface area contributed by atoms with E-state index in [-0.39, 0.29) is 12.1 Å². The minimum Gasteiger partial charge on any atom is -0.337 e. The van der Waals surface area contributed by atoms with Crippen LogP contribution in [-0.4, -0.2) is 28.8 Å². The number of nitrogens with zero attached hydrogens (tertiary/aromatic N) is 1. The summed E-state index contributed by atoms with van der Waals surface area (Å²) in [6, 6.07) is 4.12. The Labute approximate surface area is 156 Å². The summed E-state index contributed by atoms with van der Waals surface area (Å²) in [6.07, 6.45) is 7.66. The predicted octanol–water partition coefficient (Wildman–Crippen LogP) is 3.36. The Morgan fingerprint density at radius 3 is 2.93 bits per heavy atom. The van der Waals surface area contributed by atoms with E-state index in [1.807, 2.05) is 0 Å². The molecule has 0 bridgehead atoms. The van der Waals surface area contributed by atoms with Gasteiger partial charge in [-0.2, -0.15) is 5.10 Å². The van der Waals surface area contributed by atoms with Crippen LogP contribution in [0.5, 0.6) is 0 Å². The Balaban J connectivity index is 1.40. The molecule has 0 spiro atoms. The van der Waals surface area contributed by atoms with Crippen LogP contribution in [0.1, 0.15) is 48.9 Å². The lowest BCUT2D eigenvalue weighted by molar-refractivity contribution is 0.231. The topological polar surface area (TPSA) is 69.8 Å². The van der Waals surface area contributed by atoms with E-state index in [1.165, 1.54) is 0 Å². The van der Waals surface area contributed by atoms with Crippen molar-refractivity contribution in [3.05, 3.63) is 52.9 Å². The van der Waals surface area contributed by atoms with E-state index in [0.717, 1.165) is 62.3 Å². The molecule has 2 aliphatic rings. The van der Waals surface area contributed by atoms with Crippen LogP contribution in [0, 0.1) is 11.6 Å². The number of carbonyl (C=O) groups is 1. The van der Waals surface area contributed by atoms with Gasteiger partial charge in [0.05, 0.1) is 6.20 Å². The van der Waals surface area contributed by atoms with E-state index in [1.54, 1.807) is 18.3 Å². The number of benzene rings is 1. The molecule has 1 heterocycles. The molecule has 27 heavy (non-hydrogen) atoms. The van der Waals surface area contributed by atoms with E-state index < -0.39 is 17.0 Å². The monoisotopic (exact) mass is 374 g/mol. The molecule has 4 rings (SSSR count). The SMILES string of the molecule is O=C(NCC1(c2cccc(F)c2F)CCCC1)NC1CCc2[nH]ncc2C1. The summed E-state index contributed by atoms with van der Waals surface area (Å²) >= 11 is 0. The molecular weight excluding hydrogens is 350 g/mol. The lowest BCUT2D eigenvalue weighted by Gasteiger charge is -2.31. The number of H-pyrrole nitrogens is 1. The molecule has 7 heteroatoms. The quantitative estimate of drug-likeness (QED) is 0.768. The molecule has 5 nitrogen and oxygen atoms in total. The fourth-order valence-electron chi connectivity index (χ4n) is 4.53. The highest BCUT2D eigenvalue weighted by molar-refractivity contribution is 5.74. The highest BCUT2D eigenvalue weighted by atomic mass is 19.2. The van der Waals surface area contributed by atoms with E-state index in [2.05, 4.69) is 20.8 Å². The summed E-state index contributed by atoms with van der Waals surface area (Å²) in [7, 11) is 0. The first-order chi connectivity index (χ1) is 13.1. The summed E-state index contributed by atoms with van der Waals surface area (Å²) in [4.78, 5) is 12.4. The average molecular weight is 374 g/mol. The van der Waals surface area contributed by atoms with Gasteiger partial charge in [-0.3, -0.25) is 5.10 Å². The molecule has 144 valence electrons. The van der Waals surface area contributed by atoms with Crippen molar-refractivity contribution in [1.29, 1.82) is 0 Å². The van der Waals surface area contributed by atoms with Crippen molar-refractivity contribution in [2.24, 2.45) is 0 Å². The number of aromatic nitrogens is 2. The van der Waals surface area contributed by atoms with Gasteiger partial charge in [-0.25, -0.2) is 13.6 Å². The summed E-state index contributed by atoms with van der Waals surface area (Å²) < 4.78 is 28.1. The van der Waals surface area contributed by atoms with Gasteiger partial charge in [0.15, 0.2) is 11.6 Å². The third-order valence-electron chi connectivity index (χ3n) is 6.02. The Morgan fingerprint density at radius 1 is 1.30 bits per heavy atom. The van der Waals surface area contributed by atoms with Gasteiger partial charge in [-0.1, -0.05) is 25.0 Å². The number of nitrogens with one attached hydrogen (secondary N) is 3. The molecule has 0 saturated heterocycles. The second kappa shape index (κ2) is 7.29. The molecule has 1 fully saturated rings. The molecule has 2 amide bonds. The molecule has 2 aromatic rings. The smallest absolute Gasteiger partial charge is 0.315 e. The molecular formula is C20H24F2N4O. The fraction of sp³-hybridized carbons (Fsp3) is 0.500. The summed E-state index contributed by atoms with van der Waals surface area (Å²) in [5.41, 5.74) is 2.12. The van der Waals surface area contributed by atoms with E-state index >= 15 is 0 Å². The van der Waals surface area contributed by atoms with E-state index in [4.69, 9.17) is 0 Å². The van der Waals surface area contributed by atoms with Gasteiger partial charge in [0.1, 0.15) is 0 Å². The molecule has 0 aliphatic heterocycles. The number of fused-ring (bicyclic) bond motifs is 1. The number of halogens is 2. The number of hydrogen-bond donors (Lipinski definition) is 3. The number of carbonyl (C=O) groups excluding carboxylic acids is 1. The zero-order chi connectivity index (χ0) is 18.9. The first kappa shape index (κ1) is 17.9. The lowest BCUT2D eigenvalue weighted by atomic mass is 9.78. The third kappa shape index (κ3) is 3.55. The van der Waals surface area contributed by atoms with Crippen LogP contribution in [0.4, 0.5) is 13.6 Å². The first-order valence-corrected chi connectivity index (χ1v) is 9.57. The summed E-state index contributed by atoms with van der Waals surface area (Å²) in [5, 5.41) is 12.9. The van der Waals surface area contributed by atoms with Crippen LogP contribution in [0.3, 0.4) is 0 Å². The van der Waals surface area contributed by atoms with Crippen LogP contribution in [0.25, 0.3) is 0 Å². The molecule has 0 radical (unpaired) electrons. The van der Waals surface area contributed by atoms with Crippen molar-refractivity contribution in [3.8, 4) is 0 Å². The second-order valence-electron chi connectivity index (χ2n) is 7.73. The summed E-state index contributed by atoms with van der Waals surface area (Å²) in [5.74, 6) is -1.62. The Hall–Kier alpha value is -2.44. The predicted molar refractivity (Wildman–Crippen MR) is 97.4 cm³/mol. The zero-order valence-corrected chi connectivity index (χ0v) is 15.2. The fourth-order valence-corrected chi connectivity index (χ4v) is 4.53. The van der Waals surface area contributed by atoms with E-state index in [9.17, 15) is 13.6 Å². The van der Waals surface area contributed by atoms with Crippen LogP contribution in [0.2, 0.25) is 0 Å². The minimum absolute atomic E-state index is 0.0560. The zero-order valence-electron chi connectivity index (χ0n) is 15.2. The molecule has 2 aliphatic carbocycles. The van der Waals surface area contributed by atoms with Gasteiger partial charge in [-0.05, 0) is 49.3 Å². The third-order valence-corrected chi connectivity index (χ3v) is 6.02. The number of urea groups is 1. The maximum Gasteiger partial charge on any atom is 0.315 e. The Morgan fingerprint density at radius 2 is 2.11 bits per heavy atom. The maximum atomic E-state index is 14.4. The Kier molecular flexibility index (Phi) is 4.85. The van der Waals surface area contributed by atoms with Gasteiger partial charge in [0, 0.05) is 23.7 Å². The normalized spacial score (nSPS) is 20.9. The van der Waals surface area contributed by atoms with Crippen molar-refractivity contribution in [3.63, 3.8) is 0 Å². The molecule has 1 atom stereocenters. The van der Waals surface area contributed by atoms with Gasteiger partial charge in [0.25, 0.3) is 0 Å². The molecule has 1 aromatic carbocycles. The largest absolute Gasteiger partial charge is 0.337 e. The van der Waals surface area contributed by atoms with Gasteiger partial charge in [0.2, 0.25) is 0 Å². The number of hydrogen-bond acceptors (Lipinski definition) is 2.